The van der Waals surface area contributed by atoms with Gasteiger partial charge in [0.15, 0.2) is 0 Å². The Labute approximate surface area is 122 Å². The van der Waals surface area contributed by atoms with E-state index in [1.54, 1.807) is 0 Å². The van der Waals surface area contributed by atoms with Gasteiger partial charge in [-0.1, -0.05) is 32.6 Å². The molecule has 0 saturated heterocycles. The predicted octanol–water partition coefficient (Wildman–Crippen LogP) is 1.84. The molecule has 3 N–H and O–H groups in total. The predicted molar refractivity (Wildman–Crippen MR) is 79.7 cm³/mol. The Bertz CT molecular complexity index is 279. The van der Waals surface area contributed by atoms with E-state index >= 15 is 0 Å². The Morgan fingerprint density at radius 1 is 1.20 bits per heavy atom. The first kappa shape index (κ1) is 16.2. The lowest BCUT2D eigenvalue weighted by atomic mass is 9.88. The molecule has 0 aromatic carbocycles. The van der Waals surface area contributed by atoms with Crippen molar-refractivity contribution in [3.8, 4) is 0 Å². The number of hydrogen-bond donors (Lipinski definition) is 3. The van der Waals surface area contributed by atoms with Crippen molar-refractivity contribution in [2.75, 3.05) is 19.7 Å². The molecule has 0 radical (unpaired) electrons. The van der Waals surface area contributed by atoms with Gasteiger partial charge in [0.05, 0.1) is 24.4 Å². The van der Waals surface area contributed by atoms with Crippen LogP contribution in [0.5, 0.6) is 0 Å². The van der Waals surface area contributed by atoms with E-state index in [0.29, 0.717) is 31.7 Å². The first-order chi connectivity index (χ1) is 9.59. The molecule has 0 aromatic heterocycles. The standard InChI is InChI=1S/C16H31NO3/c1-13-6-2-3-7-15(13)20-11-14(18)10-17-12-16(19)8-4-5-9-16/h13-15,17-19H,2-12H2,1H3. The number of ether oxygens (including phenoxy) is 1. The fraction of sp³-hybridized carbons (Fsp3) is 1.00. The summed E-state index contributed by atoms with van der Waals surface area (Å²) in [7, 11) is 0. The van der Waals surface area contributed by atoms with Gasteiger partial charge in [-0.3, -0.25) is 0 Å². The highest BCUT2D eigenvalue weighted by Gasteiger charge is 2.30. The van der Waals surface area contributed by atoms with E-state index in [2.05, 4.69) is 12.2 Å². The van der Waals surface area contributed by atoms with E-state index in [1.807, 2.05) is 0 Å². The van der Waals surface area contributed by atoms with Crippen LogP contribution in [0.2, 0.25) is 0 Å². The third kappa shape index (κ3) is 4.99. The van der Waals surface area contributed by atoms with E-state index in [4.69, 9.17) is 4.74 Å². The summed E-state index contributed by atoms with van der Waals surface area (Å²) in [5.74, 6) is 0.614. The molecule has 2 rings (SSSR count). The van der Waals surface area contributed by atoms with Crippen LogP contribution in [0.25, 0.3) is 0 Å². The zero-order valence-corrected chi connectivity index (χ0v) is 12.8. The molecular weight excluding hydrogens is 254 g/mol. The van der Waals surface area contributed by atoms with E-state index < -0.39 is 11.7 Å². The Balaban J connectivity index is 1.57. The van der Waals surface area contributed by atoms with Crippen LogP contribution in [0.1, 0.15) is 58.3 Å². The van der Waals surface area contributed by atoms with Gasteiger partial charge in [0.1, 0.15) is 0 Å². The summed E-state index contributed by atoms with van der Waals surface area (Å²) in [6.07, 6.45) is 8.75. The van der Waals surface area contributed by atoms with Gasteiger partial charge in [0.2, 0.25) is 0 Å². The van der Waals surface area contributed by atoms with E-state index in [9.17, 15) is 10.2 Å². The summed E-state index contributed by atoms with van der Waals surface area (Å²) in [6, 6.07) is 0. The minimum absolute atomic E-state index is 0.317. The van der Waals surface area contributed by atoms with Crippen molar-refractivity contribution in [1.29, 1.82) is 0 Å². The molecule has 2 fully saturated rings. The molecule has 0 aromatic rings. The van der Waals surface area contributed by atoms with Crippen LogP contribution < -0.4 is 5.32 Å². The molecule has 3 atom stereocenters. The van der Waals surface area contributed by atoms with Crippen LogP contribution in [-0.2, 0) is 4.74 Å². The van der Waals surface area contributed by atoms with Crippen molar-refractivity contribution in [3.63, 3.8) is 0 Å². The largest absolute Gasteiger partial charge is 0.389 e. The second-order valence-electron chi connectivity index (χ2n) is 6.85. The monoisotopic (exact) mass is 285 g/mol. The third-order valence-corrected chi connectivity index (χ3v) is 4.90. The SMILES string of the molecule is CC1CCCCC1OCC(O)CNCC1(O)CCCC1. The highest BCUT2D eigenvalue weighted by atomic mass is 16.5. The van der Waals surface area contributed by atoms with Crippen molar-refractivity contribution in [2.45, 2.75) is 76.1 Å². The van der Waals surface area contributed by atoms with Crippen LogP contribution in [0.3, 0.4) is 0 Å². The van der Waals surface area contributed by atoms with Crippen LogP contribution in [0.15, 0.2) is 0 Å². The van der Waals surface area contributed by atoms with Crippen LogP contribution in [0.4, 0.5) is 0 Å². The Kier molecular flexibility index (Phi) is 6.27. The molecule has 0 bridgehead atoms. The Morgan fingerprint density at radius 3 is 2.60 bits per heavy atom. The summed E-state index contributed by atoms with van der Waals surface area (Å²) < 4.78 is 5.85. The van der Waals surface area contributed by atoms with E-state index in [-0.39, 0.29) is 0 Å². The molecule has 4 heteroatoms. The number of rotatable bonds is 7. The van der Waals surface area contributed by atoms with Crippen LogP contribution in [0, 0.1) is 5.92 Å². The molecule has 3 unspecified atom stereocenters. The highest BCUT2D eigenvalue weighted by Crippen LogP contribution is 2.28. The maximum atomic E-state index is 10.2. The van der Waals surface area contributed by atoms with Crippen LogP contribution >= 0.6 is 0 Å². The van der Waals surface area contributed by atoms with Gasteiger partial charge >= 0.3 is 0 Å². The molecule has 0 aliphatic heterocycles. The minimum atomic E-state index is -0.543. The van der Waals surface area contributed by atoms with Crippen molar-refractivity contribution in [1.82, 2.24) is 5.32 Å². The van der Waals surface area contributed by atoms with Gasteiger partial charge in [-0.15, -0.1) is 0 Å². The Hall–Kier alpha value is -0.160. The molecule has 0 amide bonds. The average Bonchev–Trinajstić information content (AvgIpc) is 2.85. The molecule has 20 heavy (non-hydrogen) atoms. The molecule has 2 aliphatic rings. The maximum absolute atomic E-state index is 10.2. The first-order valence-electron chi connectivity index (χ1n) is 8.32. The zero-order valence-electron chi connectivity index (χ0n) is 12.8. The second kappa shape index (κ2) is 7.74. The summed E-state index contributed by atoms with van der Waals surface area (Å²) in [4.78, 5) is 0. The summed E-state index contributed by atoms with van der Waals surface area (Å²) in [6.45, 7) is 3.73. The number of aliphatic hydroxyl groups excluding tert-OH is 1. The molecule has 0 spiro atoms. The van der Waals surface area contributed by atoms with E-state index in [0.717, 1.165) is 32.1 Å². The third-order valence-electron chi connectivity index (χ3n) is 4.90. The van der Waals surface area contributed by atoms with Crippen molar-refractivity contribution in [3.05, 3.63) is 0 Å². The van der Waals surface area contributed by atoms with Gasteiger partial charge in [-0.25, -0.2) is 0 Å². The highest BCUT2D eigenvalue weighted by molar-refractivity contribution is 4.86. The topological polar surface area (TPSA) is 61.7 Å². The maximum Gasteiger partial charge on any atom is 0.0897 e. The number of hydrogen-bond acceptors (Lipinski definition) is 4. The lowest BCUT2D eigenvalue weighted by Crippen LogP contribution is -2.42. The average molecular weight is 285 g/mol. The number of aliphatic hydroxyl groups is 2. The van der Waals surface area contributed by atoms with Gasteiger partial charge in [-0.05, 0) is 31.6 Å². The lowest BCUT2D eigenvalue weighted by Gasteiger charge is -2.29. The molecule has 0 heterocycles. The Morgan fingerprint density at radius 2 is 1.90 bits per heavy atom. The molecule has 118 valence electrons. The van der Waals surface area contributed by atoms with Crippen molar-refractivity contribution in [2.24, 2.45) is 5.92 Å². The molecular formula is C16H31NO3. The number of nitrogens with one attached hydrogen (secondary N) is 1. The summed E-state index contributed by atoms with van der Waals surface area (Å²) >= 11 is 0. The van der Waals surface area contributed by atoms with Crippen LogP contribution in [-0.4, -0.2) is 47.7 Å². The fourth-order valence-electron chi connectivity index (χ4n) is 3.50. The molecule has 2 saturated carbocycles. The van der Waals surface area contributed by atoms with Gasteiger partial charge in [-0.2, -0.15) is 0 Å². The van der Waals surface area contributed by atoms with Gasteiger partial charge in [0.25, 0.3) is 0 Å². The minimum Gasteiger partial charge on any atom is -0.389 e. The quantitative estimate of drug-likeness (QED) is 0.668. The smallest absolute Gasteiger partial charge is 0.0897 e. The zero-order chi connectivity index (χ0) is 14.4. The normalized spacial score (nSPS) is 31.4. The summed E-state index contributed by atoms with van der Waals surface area (Å²) in [5.41, 5.74) is -0.543. The van der Waals surface area contributed by atoms with Crippen molar-refractivity contribution < 1.29 is 14.9 Å². The van der Waals surface area contributed by atoms with Crippen molar-refractivity contribution >= 4 is 0 Å². The fourth-order valence-corrected chi connectivity index (χ4v) is 3.50. The first-order valence-corrected chi connectivity index (χ1v) is 8.32. The van der Waals surface area contributed by atoms with Gasteiger partial charge in [0, 0.05) is 13.1 Å². The van der Waals surface area contributed by atoms with Gasteiger partial charge < -0.3 is 20.3 Å². The van der Waals surface area contributed by atoms with E-state index in [1.165, 1.54) is 19.3 Å². The molecule has 2 aliphatic carbocycles. The summed E-state index contributed by atoms with van der Waals surface area (Å²) in [5, 5.41) is 23.3. The molecule has 4 nitrogen and oxygen atoms in total. The second-order valence-corrected chi connectivity index (χ2v) is 6.85. The lowest BCUT2D eigenvalue weighted by molar-refractivity contribution is -0.0465.